The van der Waals surface area contributed by atoms with Gasteiger partial charge in [0.15, 0.2) is 5.82 Å². The molecule has 6 heteroatoms. The Morgan fingerprint density at radius 3 is 2.94 bits per heavy atom. The lowest BCUT2D eigenvalue weighted by Gasteiger charge is -2.19. The minimum atomic E-state index is 0.576. The van der Waals surface area contributed by atoms with E-state index in [0.29, 0.717) is 10.8 Å². The molecule has 0 aliphatic carbocycles. The van der Waals surface area contributed by atoms with Gasteiger partial charge in [-0.3, -0.25) is 0 Å². The molecule has 3 rings (SSSR count). The average Bonchev–Trinajstić information content (AvgIpc) is 2.35. The molecule has 17 heavy (non-hydrogen) atoms. The molecule has 1 N–H and O–H groups in total. The molecule has 0 amide bonds. The Kier molecular flexibility index (Phi) is 2.57. The van der Waals surface area contributed by atoms with Gasteiger partial charge in [-0.25, -0.2) is 9.97 Å². The summed E-state index contributed by atoms with van der Waals surface area (Å²) in [5, 5.41) is 4.63. The summed E-state index contributed by atoms with van der Waals surface area (Å²) in [6, 6.07) is 3.73. The number of fused-ring (bicyclic) bond motifs is 2. The lowest BCUT2D eigenvalue weighted by atomic mass is 10.3. The summed E-state index contributed by atoms with van der Waals surface area (Å²) in [6.45, 7) is 0. The van der Waals surface area contributed by atoms with Crippen molar-refractivity contribution in [3.05, 3.63) is 29.5 Å². The average molecular weight is 266 g/mol. The van der Waals surface area contributed by atoms with Crippen molar-refractivity contribution in [2.45, 2.75) is 9.92 Å². The molecular weight excluding hydrogens is 258 g/mol. The van der Waals surface area contributed by atoms with Crippen molar-refractivity contribution < 1.29 is 4.74 Å². The van der Waals surface area contributed by atoms with Gasteiger partial charge in [0.2, 0.25) is 0 Å². The number of hydrogen-bond acceptors (Lipinski definition) is 5. The first-order chi connectivity index (χ1) is 8.28. The SMILES string of the molecule is COc1cc2c(cc1Cl)Nc1nccnc1S2. The molecule has 0 fully saturated rings. The summed E-state index contributed by atoms with van der Waals surface area (Å²) in [4.78, 5) is 9.51. The fraction of sp³-hybridized carbons (Fsp3) is 0.0909. The van der Waals surface area contributed by atoms with E-state index >= 15 is 0 Å². The summed E-state index contributed by atoms with van der Waals surface area (Å²) < 4.78 is 5.19. The molecule has 86 valence electrons. The lowest BCUT2D eigenvalue weighted by Crippen LogP contribution is -2.03. The second-order valence-electron chi connectivity index (χ2n) is 3.42. The van der Waals surface area contributed by atoms with Crippen LogP contribution in [0.1, 0.15) is 0 Å². The van der Waals surface area contributed by atoms with E-state index in [-0.39, 0.29) is 0 Å². The number of hydrogen-bond donors (Lipinski definition) is 1. The standard InChI is InChI=1S/C11H8ClN3OS/c1-16-8-5-9-7(4-6(8)12)15-10-11(17-9)14-3-2-13-10/h2-5H,1H3,(H,13,15). The van der Waals surface area contributed by atoms with Crippen molar-refractivity contribution >= 4 is 34.9 Å². The highest BCUT2D eigenvalue weighted by Crippen LogP contribution is 2.45. The van der Waals surface area contributed by atoms with Crippen molar-refractivity contribution in [1.29, 1.82) is 0 Å². The Labute approximate surface area is 107 Å². The summed E-state index contributed by atoms with van der Waals surface area (Å²) in [5.74, 6) is 1.42. The first kappa shape index (κ1) is 10.7. The van der Waals surface area contributed by atoms with E-state index in [4.69, 9.17) is 16.3 Å². The number of rotatable bonds is 1. The molecular formula is C11H8ClN3OS. The van der Waals surface area contributed by atoms with Crippen LogP contribution in [0.4, 0.5) is 11.5 Å². The minimum absolute atomic E-state index is 0.576. The van der Waals surface area contributed by atoms with Gasteiger partial charge in [-0.05, 0) is 12.1 Å². The van der Waals surface area contributed by atoms with Gasteiger partial charge in [0.05, 0.1) is 17.8 Å². The lowest BCUT2D eigenvalue weighted by molar-refractivity contribution is 0.414. The predicted octanol–water partition coefficient (Wildman–Crippen LogP) is 3.35. The Balaban J connectivity index is 2.09. The first-order valence-electron chi connectivity index (χ1n) is 4.91. The highest BCUT2D eigenvalue weighted by atomic mass is 35.5. The minimum Gasteiger partial charge on any atom is -0.495 e. The molecule has 2 aromatic rings. The number of halogens is 1. The molecule has 2 heterocycles. The number of nitrogens with zero attached hydrogens (tertiary/aromatic N) is 2. The second-order valence-corrected chi connectivity index (χ2v) is 4.86. The van der Waals surface area contributed by atoms with E-state index in [0.717, 1.165) is 21.4 Å². The van der Waals surface area contributed by atoms with Gasteiger partial charge in [0.25, 0.3) is 0 Å². The zero-order chi connectivity index (χ0) is 11.8. The smallest absolute Gasteiger partial charge is 0.163 e. The molecule has 0 saturated heterocycles. The van der Waals surface area contributed by atoms with Crippen LogP contribution in [0.3, 0.4) is 0 Å². The normalized spacial score (nSPS) is 12.4. The molecule has 0 unspecified atom stereocenters. The molecule has 1 aliphatic heterocycles. The summed E-state index contributed by atoms with van der Waals surface area (Å²) in [7, 11) is 1.60. The summed E-state index contributed by atoms with van der Waals surface area (Å²) in [5.41, 5.74) is 0.925. The first-order valence-corrected chi connectivity index (χ1v) is 6.11. The van der Waals surface area contributed by atoms with E-state index in [2.05, 4.69) is 15.3 Å². The Morgan fingerprint density at radius 2 is 2.12 bits per heavy atom. The Morgan fingerprint density at radius 1 is 1.29 bits per heavy atom. The zero-order valence-corrected chi connectivity index (χ0v) is 10.5. The van der Waals surface area contributed by atoms with Gasteiger partial charge < -0.3 is 10.1 Å². The molecule has 1 aromatic heterocycles. The number of aromatic nitrogens is 2. The molecule has 0 bridgehead atoms. The number of ether oxygens (including phenoxy) is 1. The van der Waals surface area contributed by atoms with Crippen LogP contribution >= 0.6 is 23.4 Å². The topological polar surface area (TPSA) is 47.0 Å². The van der Waals surface area contributed by atoms with Gasteiger partial charge in [0, 0.05) is 17.3 Å². The fourth-order valence-electron chi connectivity index (χ4n) is 1.59. The Bertz CT molecular complexity index is 591. The molecule has 0 saturated carbocycles. The highest BCUT2D eigenvalue weighted by molar-refractivity contribution is 7.99. The van der Waals surface area contributed by atoms with Crippen LogP contribution in [0.25, 0.3) is 0 Å². The maximum atomic E-state index is 6.08. The monoisotopic (exact) mass is 265 g/mol. The van der Waals surface area contributed by atoms with Crippen LogP contribution in [0, 0.1) is 0 Å². The van der Waals surface area contributed by atoms with E-state index in [1.165, 1.54) is 0 Å². The van der Waals surface area contributed by atoms with Crippen molar-refractivity contribution in [2.24, 2.45) is 0 Å². The number of nitrogens with one attached hydrogen (secondary N) is 1. The van der Waals surface area contributed by atoms with Crippen LogP contribution in [0.5, 0.6) is 5.75 Å². The molecule has 0 atom stereocenters. The van der Waals surface area contributed by atoms with E-state index in [9.17, 15) is 0 Å². The van der Waals surface area contributed by atoms with Gasteiger partial charge in [-0.15, -0.1) is 0 Å². The maximum absolute atomic E-state index is 6.08. The van der Waals surface area contributed by atoms with E-state index in [1.807, 2.05) is 12.1 Å². The second kappa shape index (κ2) is 4.09. The van der Waals surface area contributed by atoms with Gasteiger partial charge in [0.1, 0.15) is 10.8 Å². The van der Waals surface area contributed by atoms with Crippen molar-refractivity contribution in [3.63, 3.8) is 0 Å². The molecule has 0 spiro atoms. The Hall–Kier alpha value is -1.46. The van der Waals surface area contributed by atoms with E-state index in [1.54, 1.807) is 31.3 Å². The molecule has 1 aliphatic rings. The maximum Gasteiger partial charge on any atom is 0.163 e. The number of anilines is 2. The van der Waals surface area contributed by atoms with Crippen LogP contribution in [-0.4, -0.2) is 17.1 Å². The van der Waals surface area contributed by atoms with Crippen molar-refractivity contribution in [3.8, 4) is 5.75 Å². The van der Waals surface area contributed by atoms with Gasteiger partial charge in [-0.2, -0.15) is 0 Å². The number of benzene rings is 1. The molecule has 4 nitrogen and oxygen atoms in total. The van der Waals surface area contributed by atoms with Crippen LogP contribution in [0.2, 0.25) is 5.02 Å². The fourth-order valence-corrected chi connectivity index (χ4v) is 2.74. The number of methoxy groups -OCH3 is 1. The van der Waals surface area contributed by atoms with E-state index < -0.39 is 0 Å². The molecule has 0 radical (unpaired) electrons. The van der Waals surface area contributed by atoms with Crippen molar-refractivity contribution in [1.82, 2.24) is 9.97 Å². The van der Waals surface area contributed by atoms with Gasteiger partial charge >= 0.3 is 0 Å². The molecule has 1 aromatic carbocycles. The van der Waals surface area contributed by atoms with Crippen molar-refractivity contribution in [2.75, 3.05) is 12.4 Å². The van der Waals surface area contributed by atoms with Crippen LogP contribution in [0.15, 0.2) is 34.4 Å². The largest absolute Gasteiger partial charge is 0.495 e. The summed E-state index contributed by atoms with van der Waals surface area (Å²) >= 11 is 7.62. The summed E-state index contributed by atoms with van der Waals surface area (Å²) in [6.07, 6.45) is 3.33. The highest BCUT2D eigenvalue weighted by Gasteiger charge is 2.19. The zero-order valence-electron chi connectivity index (χ0n) is 8.90. The third kappa shape index (κ3) is 1.81. The van der Waals surface area contributed by atoms with Crippen LogP contribution in [-0.2, 0) is 0 Å². The third-order valence-corrected chi connectivity index (χ3v) is 3.72. The third-order valence-electron chi connectivity index (χ3n) is 2.38. The predicted molar refractivity (Wildman–Crippen MR) is 67.4 cm³/mol. The quantitative estimate of drug-likeness (QED) is 0.731. The van der Waals surface area contributed by atoms with Gasteiger partial charge in [-0.1, -0.05) is 23.4 Å². The van der Waals surface area contributed by atoms with Crippen LogP contribution < -0.4 is 10.1 Å².